The quantitative estimate of drug-likeness (QED) is 0.653. The van der Waals surface area contributed by atoms with Crippen molar-refractivity contribution in [2.24, 2.45) is 11.8 Å². The Morgan fingerprint density at radius 1 is 1.38 bits per heavy atom. The molecule has 2 unspecified atom stereocenters. The zero-order valence-electron chi connectivity index (χ0n) is 10.1. The van der Waals surface area contributed by atoms with Crippen LogP contribution < -0.4 is 0 Å². The van der Waals surface area contributed by atoms with Crippen molar-refractivity contribution < 1.29 is 19.7 Å². The Hall–Kier alpha value is -0.610. The molecule has 2 N–H and O–H groups in total. The van der Waals surface area contributed by atoms with Crippen LogP contribution in [0, 0.1) is 11.8 Å². The molecule has 2 saturated carbocycles. The number of fused-ring (bicyclic) bond motifs is 2. The molecular weight excluding hydrogens is 208 g/mol. The van der Waals surface area contributed by atoms with Crippen molar-refractivity contribution in [3.8, 4) is 0 Å². The number of hydrogen-bond donors (Lipinski definition) is 2. The summed E-state index contributed by atoms with van der Waals surface area (Å²) in [6, 6.07) is 0. The first-order valence-corrected chi connectivity index (χ1v) is 5.89. The average Bonchev–Trinajstić information content (AvgIpc) is 2.67. The second-order valence-corrected chi connectivity index (χ2v) is 6.04. The second kappa shape index (κ2) is 3.44. The van der Waals surface area contributed by atoms with E-state index in [2.05, 4.69) is 0 Å². The fraction of sp³-hybridized carbons (Fsp3) is 0.917. The lowest BCUT2D eigenvalue weighted by Gasteiger charge is -2.36. The van der Waals surface area contributed by atoms with Gasteiger partial charge in [0.05, 0.1) is 6.10 Å². The molecule has 0 aromatic heterocycles. The Balaban J connectivity index is 2.16. The molecule has 0 aromatic carbocycles. The summed E-state index contributed by atoms with van der Waals surface area (Å²) in [6.07, 6.45) is 1.48. The van der Waals surface area contributed by atoms with Gasteiger partial charge in [0.25, 0.3) is 0 Å². The minimum absolute atomic E-state index is 0.0579. The van der Waals surface area contributed by atoms with Gasteiger partial charge in [-0.25, -0.2) is 4.79 Å². The van der Waals surface area contributed by atoms with Gasteiger partial charge in [-0.05, 0) is 46.0 Å². The van der Waals surface area contributed by atoms with Crippen molar-refractivity contribution in [3.63, 3.8) is 0 Å². The molecular formula is C12H20O4. The van der Waals surface area contributed by atoms with Crippen LogP contribution in [0.15, 0.2) is 0 Å². The van der Waals surface area contributed by atoms with Crippen molar-refractivity contribution in [2.45, 2.75) is 57.3 Å². The van der Waals surface area contributed by atoms with Gasteiger partial charge in [0.2, 0.25) is 0 Å². The molecule has 0 aromatic rings. The SMILES string of the molecule is CC(C)(C)OC(=O)C1(O)C(O)[C@H]2CC[C@H]1C2. The summed E-state index contributed by atoms with van der Waals surface area (Å²) < 4.78 is 5.20. The van der Waals surface area contributed by atoms with E-state index >= 15 is 0 Å². The molecule has 4 heteroatoms. The van der Waals surface area contributed by atoms with E-state index in [0.29, 0.717) is 0 Å². The third kappa shape index (κ3) is 1.64. The molecule has 2 rings (SSSR count). The van der Waals surface area contributed by atoms with E-state index in [1.165, 1.54) is 0 Å². The lowest BCUT2D eigenvalue weighted by molar-refractivity contribution is -0.196. The fourth-order valence-electron chi connectivity index (χ4n) is 2.95. The van der Waals surface area contributed by atoms with E-state index in [4.69, 9.17) is 4.74 Å². The molecule has 0 heterocycles. The van der Waals surface area contributed by atoms with Crippen LogP contribution in [0.1, 0.15) is 40.0 Å². The van der Waals surface area contributed by atoms with Crippen LogP contribution in [0.25, 0.3) is 0 Å². The summed E-state index contributed by atoms with van der Waals surface area (Å²) in [5, 5.41) is 20.3. The number of carbonyl (C=O) groups excluding carboxylic acids is 1. The predicted octanol–water partition coefficient (Wildman–Crippen LogP) is 0.850. The standard InChI is InChI=1S/C12H20O4/c1-11(2,3)16-10(14)12(15)8-5-4-7(6-8)9(12)13/h7-9,13,15H,4-6H2,1-3H3/t7-,8-,9?,12?/m0/s1. The largest absolute Gasteiger partial charge is 0.458 e. The maximum absolute atomic E-state index is 12.0. The monoisotopic (exact) mass is 228 g/mol. The summed E-state index contributed by atoms with van der Waals surface area (Å²) >= 11 is 0. The predicted molar refractivity (Wildman–Crippen MR) is 57.6 cm³/mol. The van der Waals surface area contributed by atoms with E-state index < -0.39 is 23.3 Å². The topological polar surface area (TPSA) is 66.8 Å². The molecule has 2 aliphatic rings. The lowest BCUT2D eigenvalue weighted by Crippen LogP contribution is -2.55. The van der Waals surface area contributed by atoms with Crippen molar-refractivity contribution in [1.29, 1.82) is 0 Å². The van der Waals surface area contributed by atoms with Gasteiger partial charge in [0.15, 0.2) is 5.60 Å². The minimum Gasteiger partial charge on any atom is -0.458 e. The molecule has 0 spiro atoms. The Bertz CT molecular complexity index is 303. The molecule has 0 radical (unpaired) electrons. The van der Waals surface area contributed by atoms with Crippen LogP contribution in [0.5, 0.6) is 0 Å². The molecule has 0 amide bonds. The normalized spacial score (nSPS) is 42.4. The van der Waals surface area contributed by atoms with Gasteiger partial charge >= 0.3 is 5.97 Å². The van der Waals surface area contributed by atoms with Crippen molar-refractivity contribution in [3.05, 3.63) is 0 Å². The summed E-state index contributed by atoms with van der Waals surface area (Å²) in [6.45, 7) is 5.27. The van der Waals surface area contributed by atoms with Crippen LogP contribution in [0.2, 0.25) is 0 Å². The van der Waals surface area contributed by atoms with Gasteiger partial charge < -0.3 is 14.9 Å². The highest BCUT2D eigenvalue weighted by molar-refractivity contribution is 5.82. The van der Waals surface area contributed by atoms with E-state index in [0.717, 1.165) is 19.3 Å². The molecule has 16 heavy (non-hydrogen) atoms. The maximum Gasteiger partial charge on any atom is 0.341 e. The maximum atomic E-state index is 12.0. The number of hydrogen-bond acceptors (Lipinski definition) is 4. The minimum atomic E-state index is -1.67. The Labute approximate surface area is 95.6 Å². The van der Waals surface area contributed by atoms with Gasteiger partial charge in [0, 0.05) is 5.92 Å². The lowest BCUT2D eigenvalue weighted by atomic mass is 9.82. The van der Waals surface area contributed by atoms with Crippen LogP contribution in [0.3, 0.4) is 0 Å². The Morgan fingerprint density at radius 2 is 2.00 bits per heavy atom. The molecule has 2 aliphatic carbocycles. The number of ether oxygens (including phenoxy) is 1. The smallest absolute Gasteiger partial charge is 0.341 e. The third-order valence-electron chi connectivity index (χ3n) is 3.72. The number of carbonyl (C=O) groups is 1. The third-order valence-corrected chi connectivity index (χ3v) is 3.72. The first-order chi connectivity index (χ1) is 7.25. The molecule has 0 aliphatic heterocycles. The number of esters is 1. The van der Waals surface area contributed by atoms with Crippen molar-refractivity contribution >= 4 is 5.97 Å². The van der Waals surface area contributed by atoms with E-state index in [9.17, 15) is 15.0 Å². The molecule has 4 nitrogen and oxygen atoms in total. The highest BCUT2D eigenvalue weighted by atomic mass is 16.6. The van der Waals surface area contributed by atoms with Gasteiger partial charge in [0.1, 0.15) is 5.60 Å². The van der Waals surface area contributed by atoms with Crippen molar-refractivity contribution in [2.75, 3.05) is 0 Å². The first-order valence-electron chi connectivity index (χ1n) is 5.89. The molecule has 2 fully saturated rings. The first kappa shape index (κ1) is 11.9. The second-order valence-electron chi connectivity index (χ2n) is 6.04. The van der Waals surface area contributed by atoms with Gasteiger partial charge in [-0.3, -0.25) is 0 Å². The molecule has 4 atom stereocenters. The summed E-state index contributed by atoms with van der Waals surface area (Å²) in [5.74, 6) is -0.746. The summed E-state index contributed by atoms with van der Waals surface area (Å²) in [4.78, 5) is 12.0. The Kier molecular flexibility index (Phi) is 2.55. The highest BCUT2D eigenvalue weighted by Gasteiger charge is 2.62. The van der Waals surface area contributed by atoms with E-state index in [1.54, 1.807) is 20.8 Å². The molecule has 0 saturated heterocycles. The van der Waals surface area contributed by atoms with Gasteiger partial charge in [-0.2, -0.15) is 0 Å². The van der Waals surface area contributed by atoms with E-state index in [-0.39, 0.29) is 11.8 Å². The number of aliphatic hydroxyl groups is 2. The summed E-state index contributed by atoms with van der Waals surface area (Å²) in [7, 11) is 0. The zero-order valence-corrected chi connectivity index (χ0v) is 10.1. The van der Waals surface area contributed by atoms with Crippen LogP contribution >= 0.6 is 0 Å². The fourth-order valence-corrected chi connectivity index (χ4v) is 2.95. The molecule has 92 valence electrons. The van der Waals surface area contributed by atoms with E-state index in [1.807, 2.05) is 0 Å². The number of rotatable bonds is 1. The highest BCUT2D eigenvalue weighted by Crippen LogP contribution is 2.51. The average molecular weight is 228 g/mol. The Morgan fingerprint density at radius 3 is 2.44 bits per heavy atom. The van der Waals surface area contributed by atoms with Crippen LogP contribution in [-0.2, 0) is 9.53 Å². The van der Waals surface area contributed by atoms with Crippen LogP contribution in [0.4, 0.5) is 0 Å². The summed E-state index contributed by atoms with van der Waals surface area (Å²) in [5.41, 5.74) is -2.30. The van der Waals surface area contributed by atoms with Crippen molar-refractivity contribution in [1.82, 2.24) is 0 Å². The van der Waals surface area contributed by atoms with Crippen LogP contribution in [-0.4, -0.2) is 33.5 Å². The zero-order chi connectivity index (χ0) is 12.1. The van der Waals surface area contributed by atoms with Gasteiger partial charge in [-0.1, -0.05) is 0 Å². The van der Waals surface area contributed by atoms with Gasteiger partial charge in [-0.15, -0.1) is 0 Å². The number of aliphatic hydroxyl groups excluding tert-OH is 1. The molecule has 2 bridgehead atoms.